The zero-order valence-electron chi connectivity index (χ0n) is 15.2. The van der Waals surface area contributed by atoms with Crippen LogP contribution in [0.2, 0.25) is 0 Å². The first-order valence-corrected chi connectivity index (χ1v) is 9.32. The van der Waals surface area contributed by atoms with Crippen LogP contribution in [-0.2, 0) is 4.79 Å². The summed E-state index contributed by atoms with van der Waals surface area (Å²) in [6.45, 7) is 12.8. The van der Waals surface area contributed by atoms with Crippen molar-refractivity contribution in [3.05, 3.63) is 24.8 Å². The van der Waals surface area contributed by atoms with Crippen LogP contribution in [0.15, 0.2) is 24.8 Å². The third kappa shape index (κ3) is 3.02. The molecule has 2 nitrogen and oxygen atoms in total. The maximum absolute atomic E-state index is 12.0. The van der Waals surface area contributed by atoms with Gasteiger partial charge in [-0.05, 0) is 75.0 Å². The fourth-order valence-electron chi connectivity index (χ4n) is 5.94. The fourth-order valence-corrected chi connectivity index (χ4v) is 5.94. The van der Waals surface area contributed by atoms with Crippen LogP contribution in [0, 0.1) is 28.6 Å². The molecule has 0 aromatic rings. The van der Waals surface area contributed by atoms with Crippen LogP contribution >= 0.6 is 0 Å². The maximum atomic E-state index is 12.0. The van der Waals surface area contributed by atoms with Crippen molar-refractivity contribution in [1.29, 1.82) is 0 Å². The van der Waals surface area contributed by atoms with Crippen LogP contribution in [0.25, 0.3) is 0 Å². The molecule has 130 valence electrons. The Labute approximate surface area is 142 Å². The van der Waals surface area contributed by atoms with E-state index in [9.17, 15) is 9.90 Å². The summed E-state index contributed by atoms with van der Waals surface area (Å²) in [7, 11) is 0. The van der Waals surface area contributed by atoms with Gasteiger partial charge in [-0.3, -0.25) is 4.79 Å². The number of rotatable bonds is 1. The molecule has 3 aliphatic carbocycles. The highest BCUT2D eigenvalue weighted by Crippen LogP contribution is 2.61. The van der Waals surface area contributed by atoms with E-state index in [4.69, 9.17) is 0 Å². The van der Waals surface area contributed by atoms with E-state index in [0.717, 1.165) is 19.3 Å². The minimum Gasteiger partial charge on any atom is -0.481 e. The third-order valence-corrected chi connectivity index (χ3v) is 7.08. The van der Waals surface area contributed by atoms with Crippen LogP contribution in [0.3, 0.4) is 0 Å². The molecule has 0 amide bonds. The Morgan fingerprint density at radius 1 is 1.17 bits per heavy atom. The zero-order chi connectivity index (χ0) is 17.3. The molecule has 2 fully saturated rings. The first-order chi connectivity index (χ1) is 10.9. The van der Waals surface area contributed by atoms with Crippen molar-refractivity contribution >= 4 is 5.97 Å². The zero-order valence-corrected chi connectivity index (χ0v) is 15.2. The van der Waals surface area contributed by atoms with E-state index < -0.39 is 11.4 Å². The lowest BCUT2D eigenvalue weighted by molar-refractivity contribution is -0.162. The smallest absolute Gasteiger partial charge is 0.309 e. The highest BCUT2D eigenvalue weighted by molar-refractivity contribution is 5.75. The summed E-state index contributed by atoms with van der Waals surface area (Å²) in [6, 6.07) is 0. The molecule has 2 heteroatoms. The quantitative estimate of drug-likeness (QED) is 0.616. The van der Waals surface area contributed by atoms with Crippen molar-refractivity contribution in [2.45, 2.75) is 72.1 Å². The maximum Gasteiger partial charge on any atom is 0.309 e. The van der Waals surface area contributed by atoms with Gasteiger partial charge in [0.15, 0.2) is 0 Å². The minimum absolute atomic E-state index is 0.202. The van der Waals surface area contributed by atoms with Crippen molar-refractivity contribution in [2.75, 3.05) is 0 Å². The summed E-state index contributed by atoms with van der Waals surface area (Å²) >= 11 is 0. The Hall–Kier alpha value is -1.05. The number of aliphatic carboxylic acids is 1. The topological polar surface area (TPSA) is 37.3 Å². The average Bonchev–Trinajstić information content (AvgIpc) is 2.66. The fraction of sp³-hybridized carbons (Fsp3) is 0.762. The monoisotopic (exact) mass is 318 g/mol. The third-order valence-electron chi connectivity index (χ3n) is 7.08. The highest BCUT2D eigenvalue weighted by Gasteiger charge is 2.56. The molecular formula is C21H34O2. The molecule has 0 spiro atoms. The first kappa shape index (κ1) is 18.3. The van der Waals surface area contributed by atoms with Gasteiger partial charge in [0.2, 0.25) is 0 Å². The summed E-state index contributed by atoms with van der Waals surface area (Å²) in [5.74, 6) is 1.14. The van der Waals surface area contributed by atoms with Gasteiger partial charge in [0.25, 0.3) is 0 Å². The number of fused-ring (bicyclic) bond motifs is 3. The van der Waals surface area contributed by atoms with Crippen LogP contribution in [0.5, 0.6) is 0 Å². The van der Waals surface area contributed by atoms with Crippen molar-refractivity contribution < 1.29 is 9.90 Å². The van der Waals surface area contributed by atoms with Gasteiger partial charge in [-0.15, -0.1) is 13.2 Å². The van der Waals surface area contributed by atoms with Crippen LogP contribution in [-0.4, -0.2) is 11.1 Å². The van der Waals surface area contributed by atoms with Gasteiger partial charge in [0, 0.05) is 0 Å². The summed E-state index contributed by atoms with van der Waals surface area (Å²) in [5.41, 5.74) is 1.35. The van der Waals surface area contributed by atoms with Crippen molar-refractivity contribution in [3.63, 3.8) is 0 Å². The molecule has 0 saturated heterocycles. The molecule has 0 heterocycles. The van der Waals surface area contributed by atoms with E-state index in [1.165, 1.54) is 32.1 Å². The number of hydrogen-bond acceptors (Lipinski definition) is 1. The molecule has 0 bridgehead atoms. The molecule has 5 atom stereocenters. The molecule has 1 N–H and O–H groups in total. The Morgan fingerprint density at radius 3 is 2.52 bits per heavy atom. The lowest BCUT2D eigenvalue weighted by Crippen LogP contribution is -2.51. The number of allylic oxidation sites excluding steroid dienone is 2. The molecule has 23 heavy (non-hydrogen) atoms. The molecule has 2 saturated carbocycles. The van der Waals surface area contributed by atoms with Crippen LogP contribution in [0.4, 0.5) is 0 Å². The van der Waals surface area contributed by atoms with Crippen molar-refractivity contribution in [1.82, 2.24) is 0 Å². The molecular weight excluding hydrogens is 284 g/mol. The number of carbonyl (C=O) groups is 1. The molecule has 3 aliphatic rings. The molecule has 1 unspecified atom stereocenters. The second-order valence-electron chi connectivity index (χ2n) is 8.38. The molecule has 3 rings (SSSR count). The lowest BCUT2D eigenvalue weighted by atomic mass is 9.50. The van der Waals surface area contributed by atoms with Crippen molar-refractivity contribution in [3.8, 4) is 0 Å². The van der Waals surface area contributed by atoms with Gasteiger partial charge in [-0.25, -0.2) is 0 Å². The Morgan fingerprint density at radius 2 is 1.87 bits per heavy atom. The van der Waals surface area contributed by atoms with Crippen LogP contribution in [0.1, 0.15) is 72.1 Å². The molecule has 0 aromatic carbocycles. The SMILES string of the molecule is C=C.C[C@H]1C=C2CCC[C@@H]3C(C)(CCC[C@@]3(C)C(=O)O)[C@H]2CC1. The summed E-state index contributed by atoms with van der Waals surface area (Å²) in [4.78, 5) is 12.0. The lowest BCUT2D eigenvalue weighted by Gasteiger charge is -2.54. The van der Waals surface area contributed by atoms with Gasteiger partial charge >= 0.3 is 5.97 Å². The average molecular weight is 319 g/mol. The summed E-state index contributed by atoms with van der Waals surface area (Å²) in [6.07, 6.45) is 11.7. The second-order valence-corrected chi connectivity index (χ2v) is 8.38. The predicted octanol–water partition coefficient (Wildman–Crippen LogP) is 5.84. The van der Waals surface area contributed by atoms with Crippen molar-refractivity contribution in [2.24, 2.45) is 28.6 Å². The normalized spacial score (nSPS) is 42.9. The van der Waals surface area contributed by atoms with Gasteiger partial charge < -0.3 is 5.11 Å². The summed E-state index contributed by atoms with van der Waals surface area (Å²) < 4.78 is 0. The second kappa shape index (κ2) is 6.83. The standard InChI is InChI=1S/C19H30O2.C2H4/c1-13-8-9-15-14(12-13)6-4-7-16-18(15,2)10-5-11-19(16,3)17(20)21;1-2/h12-13,15-16H,4-11H2,1-3H3,(H,20,21);1-2H2/t13-,15+,16-,18?,19-;/m1./s1. The van der Waals surface area contributed by atoms with E-state index >= 15 is 0 Å². The van der Waals surface area contributed by atoms with E-state index in [-0.39, 0.29) is 5.41 Å². The van der Waals surface area contributed by atoms with Gasteiger partial charge in [-0.2, -0.15) is 0 Å². The van der Waals surface area contributed by atoms with E-state index in [1.807, 2.05) is 6.92 Å². The largest absolute Gasteiger partial charge is 0.481 e. The van der Waals surface area contributed by atoms with Gasteiger partial charge in [0.1, 0.15) is 0 Å². The molecule has 0 aromatic heterocycles. The van der Waals surface area contributed by atoms with Gasteiger partial charge in [0.05, 0.1) is 5.41 Å². The summed E-state index contributed by atoms with van der Waals surface area (Å²) in [5, 5.41) is 9.87. The number of hydrogen-bond donors (Lipinski definition) is 1. The minimum atomic E-state index is -0.560. The van der Waals surface area contributed by atoms with E-state index in [1.54, 1.807) is 5.57 Å². The Kier molecular flexibility index (Phi) is 5.43. The van der Waals surface area contributed by atoms with Gasteiger partial charge in [-0.1, -0.05) is 31.9 Å². The highest BCUT2D eigenvalue weighted by atomic mass is 16.4. The molecule has 0 aliphatic heterocycles. The number of carboxylic acid groups (broad SMARTS) is 1. The first-order valence-electron chi connectivity index (χ1n) is 9.32. The van der Waals surface area contributed by atoms with E-state index in [0.29, 0.717) is 17.8 Å². The molecule has 0 radical (unpaired) electrons. The Bertz CT molecular complexity index is 480. The van der Waals surface area contributed by atoms with Crippen LogP contribution < -0.4 is 0 Å². The Balaban J connectivity index is 0.000000924. The van der Waals surface area contributed by atoms with E-state index in [2.05, 4.69) is 33.1 Å². The predicted molar refractivity (Wildman–Crippen MR) is 96.3 cm³/mol. The number of carboxylic acids is 1.